The molecule has 134 valence electrons. The summed E-state index contributed by atoms with van der Waals surface area (Å²) in [6.07, 6.45) is 0.574. The molecule has 6 heteroatoms. The molecule has 0 bridgehead atoms. The van der Waals surface area contributed by atoms with Crippen LogP contribution in [-0.4, -0.2) is 25.7 Å². The van der Waals surface area contributed by atoms with Crippen LogP contribution in [0.5, 0.6) is 11.5 Å². The Morgan fingerprint density at radius 1 is 1.12 bits per heavy atom. The van der Waals surface area contributed by atoms with Gasteiger partial charge in [0.15, 0.2) is 16.9 Å². The van der Waals surface area contributed by atoms with Crippen molar-refractivity contribution in [2.24, 2.45) is 11.3 Å². The first-order chi connectivity index (χ1) is 11.3. The number of benzene rings is 1. The minimum atomic E-state index is -1.33. The van der Waals surface area contributed by atoms with Crippen LogP contribution >= 0.6 is 11.6 Å². The predicted molar refractivity (Wildman–Crippen MR) is 92.5 cm³/mol. The standard InChI is InChI=1S/C18H25ClO5/c1-6-18(7-2,16(20)23-11-12(3)4)17(21)24-14-9-8-13(19)10-15(14)22-5/h8-10,12H,6-7,11H2,1-5H3. The first-order valence-electron chi connectivity index (χ1n) is 8.03. The van der Waals surface area contributed by atoms with Crippen LogP contribution < -0.4 is 9.47 Å². The summed E-state index contributed by atoms with van der Waals surface area (Å²) in [4.78, 5) is 25.2. The minimum Gasteiger partial charge on any atom is -0.493 e. The van der Waals surface area contributed by atoms with Crippen LogP contribution in [0.4, 0.5) is 0 Å². The fourth-order valence-corrected chi connectivity index (χ4v) is 2.38. The third kappa shape index (κ3) is 4.63. The van der Waals surface area contributed by atoms with E-state index in [1.807, 2.05) is 13.8 Å². The molecule has 0 fully saturated rings. The van der Waals surface area contributed by atoms with E-state index >= 15 is 0 Å². The number of rotatable bonds is 8. The molecule has 0 aliphatic heterocycles. The Morgan fingerprint density at radius 2 is 1.75 bits per heavy atom. The van der Waals surface area contributed by atoms with Gasteiger partial charge in [-0.05, 0) is 30.9 Å². The van der Waals surface area contributed by atoms with Crippen LogP contribution in [0, 0.1) is 11.3 Å². The molecular formula is C18H25ClO5. The molecule has 0 heterocycles. The largest absolute Gasteiger partial charge is 0.493 e. The molecule has 0 amide bonds. The van der Waals surface area contributed by atoms with Gasteiger partial charge < -0.3 is 14.2 Å². The quantitative estimate of drug-likeness (QED) is 0.395. The number of carbonyl (C=O) groups is 2. The molecule has 0 saturated heterocycles. The molecule has 24 heavy (non-hydrogen) atoms. The summed E-state index contributed by atoms with van der Waals surface area (Å²) >= 11 is 5.90. The van der Waals surface area contributed by atoms with Crippen LogP contribution in [0.1, 0.15) is 40.5 Å². The number of hydrogen-bond donors (Lipinski definition) is 0. The smallest absolute Gasteiger partial charge is 0.328 e. The Hall–Kier alpha value is -1.75. The lowest BCUT2D eigenvalue weighted by Gasteiger charge is -2.27. The average Bonchev–Trinajstić information content (AvgIpc) is 2.56. The van der Waals surface area contributed by atoms with Gasteiger partial charge in [0.05, 0.1) is 13.7 Å². The van der Waals surface area contributed by atoms with E-state index in [9.17, 15) is 9.59 Å². The van der Waals surface area contributed by atoms with Gasteiger partial charge in [-0.3, -0.25) is 9.59 Å². The Labute approximate surface area is 148 Å². The van der Waals surface area contributed by atoms with Crippen molar-refractivity contribution in [3.05, 3.63) is 23.2 Å². The minimum absolute atomic E-state index is 0.188. The van der Waals surface area contributed by atoms with Gasteiger partial charge in [0.1, 0.15) is 0 Å². The molecule has 0 unspecified atom stereocenters. The molecule has 0 aliphatic carbocycles. The average molecular weight is 357 g/mol. The maximum atomic E-state index is 12.7. The van der Waals surface area contributed by atoms with Crippen molar-refractivity contribution >= 4 is 23.5 Å². The summed E-state index contributed by atoms with van der Waals surface area (Å²) in [5, 5.41) is 0.459. The van der Waals surface area contributed by atoms with Crippen LogP contribution in [0.25, 0.3) is 0 Å². The van der Waals surface area contributed by atoms with Crippen LogP contribution in [0.2, 0.25) is 5.02 Å². The first kappa shape index (κ1) is 20.3. The summed E-state index contributed by atoms with van der Waals surface area (Å²) in [6.45, 7) is 7.66. The second-order valence-corrected chi connectivity index (χ2v) is 6.40. The number of methoxy groups -OCH3 is 1. The number of ether oxygens (including phenoxy) is 3. The van der Waals surface area contributed by atoms with Gasteiger partial charge in [-0.1, -0.05) is 39.3 Å². The lowest BCUT2D eigenvalue weighted by molar-refractivity contribution is -0.168. The van der Waals surface area contributed by atoms with E-state index < -0.39 is 17.4 Å². The highest BCUT2D eigenvalue weighted by Crippen LogP contribution is 2.35. The number of carbonyl (C=O) groups excluding carboxylic acids is 2. The van der Waals surface area contributed by atoms with Crippen molar-refractivity contribution in [1.29, 1.82) is 0 Å². The molecule has 0 aromatic heterocycles. The molecule has 0 saturated carbocycles. The van der Waals surface area contributed by atoms with Gasteiger partial charge in [0.2, 0.25) is 0 Å². The van der Waals surface area contributed by atoms with E-state index in [1.54, 1.807) is 26.0 Å². The van der Waals surface area contributed by atoms with Crippen molar-refractivity contribution in [1.82, 2.24) is 0 Å². The molecule has 0 radical (unpaired) electrons. The molecule has 0 spiro atoms. The van der Waals surface area contributed by atoms with Crippen LogP contribution in [0.3, 0.4) is 0 Å². The maximum absolute atomic E-state index is 12.7. The number of hydrogen-bond acceptors (Lipinski definition) is 5. The van der Waals surface area contributed by atoms with Crippen molar-refractivity contribution in [3.63, 3.8) is 0 Å². The summed E-state index contributed by atoms with van der Waals surface area (Å²) in [5.41, 5.74) is -1.33. The van der Waals surface area contributed by atoms with Gasteiger partial charge in [0.25, 0.3) is 0 Å². The predicted octanol–water partition coefficient (Wildman–Crippen LogP) is 4.26. The topological polar surface area (TPSA) is 61.8 Å². The highest BCUT2D eigenvalue weighted by Gasteiger charge is 2.46. The normalized spacial score (nSPS) is 11.3. The number of esters is 2. The Balaban J connectivity index is 3.04. The zero-order valence-electron chi connectivity index (χ0n) is 14.8. The second kappa shape index (κ2) is 8.92. The Morgan fingerprint density at radius 3 is 2.25 bits per heavy atom. The summed E-state index contributed by atoms with van der Waals surface area (Å²) < 4.78 is 15.9. The van der Waals surface area contributed by atoms with Crippen LogP contribution in [0.15, 0.2) is 18.2 Å². The van der Waals surface area contributed by atoms with Gasteiger partial charge >= 0.3 is 11.9 Å². The monoisotopic (exact) mass is 356 g/mol. The second-order valence-electron chi connectivity index (χ2n) is 5.97. The lowest BCUT2D eigenvalue weighted by atomic mass is 9.82. The summed E-state index contributed by atoms with van der Waals surface area (Å²) in [6, 6.07) is 4.67. The highest BCUT2D eigenvalue weighted by atomic mass is 35.5. The molecular weight excluding hydrogens is 332 g/mol. The highest BCUT2D eigenvalue weighted by molar-refractivity contribution is 6.30. The fourth-order valence-electron chi connectivity index (χ4n) is 2.21. The molecule has 1 rings (SSSR count). The SMILES string of the molecule is CCC(CC)(C(=O)OCC(C)C)C(=O)Oc1ccc(Cl)cc1OC. The van der Waals surface area contributed by atoms with Crippen molar-refractivity contribution in [2.75, 3.05) is 13.7 Å². The Bertz CT molecular complexity index is 579. The third-order valence-corrected chi connectivity index (χ3v) is 4.10. The van der Waals surface area contributed by atoms with E-state index in [0.29, 0.717) is 10.8 Å². The fraction of sp³-hybridized carbons (Fsp3) is 0.556. The van der Waals surface area contributed by atoms with Gasteiger partial charge in [-0.2, -0.15) is 0 Å². The van der Waals surface area contributed by atoms with E-state index in [1.165, 1.54) is 13.2 Å². The van der Waals surface area contributed by atoms with Crippen molar-refractivity contribution in [3.8, 4) is 11.5 Å². The van der Waals surface area contributed by atoms with Crippen LogP contribution in [-0.2, 0) is 14.3 Å². The van der Waals surface area contributed by atoms with Gasteiger partial charge in [-0.25, -0.2) is 0 Å². The molecule has 0 atom stereocenters. The van der Waals surface area contributed by atoms with E-state index in [0.717, 1.165) is 0 Å². The van der Waals surface area contributed by atoms with E-state index in [-0.39, 0.29) is 31.1 Å². The van der Waals surface area contributed by atoms with Crippen molar-refractivity contribution in [2.45, 2.75) is 40.5 Å². The van der Waals surface area contributed by atoms with Gasteiger partial charge in [-0.15, -0.1) is 0 Å². The first-order valence-corrected chi connectivity index (χ1v) is 8.41. The molecule has 0 N–H and O–H groups in total. The summed E-state index contributed by atoms with van der Waals surface area (Å²) in [7, 11) is 1.45. The van der Waals surface area contributed by atoms with E-state index in [4.69, 9.17) is 25.8 Å². The zero-order valence-corrected chi connectivity index (χ0v) is 15.6. The van der Waals surface area contributed by atoms with E-state index in [2.05, 4.69) is 0 Å². The molecule has 1 aromatic rings. The maximum Gasteiger partial charge on any atom is 0.328 e. The molecule has 0 aliphatic rings. The summed E-state index contributed by atoms with van der Waals surface area (Å²) in [5.74, 6) is -0.476. The van der Waals surface area contributed by atoms with Crippen molar-refractivity contribution < 1.29 is 23.8 Å². The molecule has 5 nitrogen and oxygen atoms in total. The third-order valence-electron chi connectivity index (χ3n) is 3.86. The zero-order chi connectivity index (χ0) is 18.3. The lowest BCUT2D eigenvalue weighted by Crippen LogP contribution is -2.43. The van der Waals surface area contributed by atoms with Gasteiger partial charge in [0, 0.05) is 11.1 Å². The number of halogens is 1. The Kier molecular flexibility index (Phi) is 7.55. The molecule has 1 aromatic carbocycles.